The van der Waals surface area contributed by atoms with Crippen LogP contribution in [-0.4, -0.2) is 23.3 Å². The van der Waals surface area contributed by atoms with Gasteiger partial charge < -0.3 is 9.84 Å². The first-order valence-electron chi connectivity index (χ1n) is 5.42. The molecule has 1 saturated carbocycles. The van der Waals surface area contributed by atoms with Gasteiger partial charge in [0.25, 0.3) is 0 Å². The lowest BCUT2D eigenvalue weighted by Crippen LogP contribution is -2.50. The molecule has 0 aliphatic heterocycles. The Kier molecular flexibility index (Phi) is 3.53. The molecule has 0 aromatic heterocycles. The van der Waals surface area contributed by atoms with Gasteiger partial charge in [-0.2, -0.15) is 0 Å². The maximum atomic E-state index is 11.6. The number of hydrogen-bond donors (Lipinski definition) is 1. The Hall–Kier alpha value is -0.570. The van der Waals surface area contributed by atoms with E-state index in [1.807, 2.05) is 6.92 Å². The lowest BCUT2D eigenvalue weighted by Gasteiger charge is -2.39. The Balaban J connectivity index is 2.74. The summed E-state index contributed by atoms with van der Waals surface area (Å²) < 4.78 is 4.91. The van der Waals surface area contributed by atoms with E-state index in [1.165, 1.54) is 0 Å². The lowest BCUT2D eigenvalue weighted by atomic mass is 9.70. The largest absolute Gasteiger partial charge is 0.464 e. The summed E-state index contributed by atoms with van der Waals surface area (Å²) >= 11 is 0. The van der Waals surface area contributed by atoms with Crippen molar-refractivity contribution in [3.63, 3.8) is 0 Å². The molecule has 1 N–H and O–H groups in total. The number of ether oxygens (including phenoxy) is 1. The van der Waals surface area contributed by atoms with Crippen LogP contribution in [0.5, 0.6) is 0 Å². The number of hydrogen-bond acceptors (Lipinski definition) is 3. The van der Waals surface area contributed by atoms with Crippen molar-refractivity contribution in [3.8, 4) is 0 Å². The summed E-state index contributed by atoms with van der Waals surface area (Å²) in [6.07, 6.45) is 2.53. The van der Waals surface area contributed by atoms with Crippen LogP contribution in [0.25, 0.3) is 0 Å². The van der Waals surface area contributed by atoms with Crippen LogP contribution in [0.2, 0.25) is 0 Å². The molecule has 3 nitrogen and oxygen atoms in total. The van der Waals surface area contributed by atoms with Crippen molar-refractivity contribution in [2.75, 3.05) is 6.61 Å². The standard InChI is InChI=1S/C11H20O3/c1-4-14-10(12)11(13)7-5-6-8(2)9(11)3/h8-9,13H,4-7H2,1-3H3. The van der Waals surface area contributed by atoms with Crippen LogP contribution in [-0.2, 0) is 9.53 Å². The van der Waals surface area contributed by atoms with Gasteiger partial charge in [-0.05, 0) is 31.6 Å². The van der Waals surface area contributed by atoms with E-state index < -0.39 is 11.6 Å². The molecule has 0 radical (unpaired) electrons. The fourth-order valence-electron chi connectivity index (χ4n) is 2.19. The molecule has 3 atom stereocenters. The molecule has 0 saturated heterocycles. The Morgan fingerprint density at radius 1 is 1.57 bits per heavy atom. The van der Waals surface area contributed by atoms with E-state index in [1.54, 1.807) is 6.92 Å². The molecule has 1 fully saturated rings. The molecule has 0 spiro atoms. The molecule has 0 bridgehead atoms. The first kappa shape index (κ1) is 11.5. The summed E-state index contributed by atoms with van der Waals surface area (Å²) in [6, 6.07) is 0. The summed E-state index contributed by atoms with van der Waals surface area (Å²) in [4.78, 5) is 11.6. The van der Waals surface area contributed by atoms with E-state index in [0.29, 0.717) is 18.9 Å². The third kappa shape index (κ3) is 1.92. The number of esters is 1. The molecular weight excluding hydrogens is 180 g/mol. The number of rotatable bonds is 2. The Morgan fingerprint density at radius 2 is 2.21 bits per heavy atom. The summed E-state index contributed by atoms with van der Waals surface area (Å²) in [6.45, 7) is 6.11. The zero-order chi connectivity index (χ0) is 10.8. The predicted octanol–water partition coefficient (Wildman–Crippen LogP) is 1.74. The molecule has 82 valence electrons. The van der Waals surface area contributed by atoms with Crippen LogP contribution >= 0.6 is 0 Å². The minimum atomic E-state index is -1.24. The van der Waals surface area contributed by atoms with E-state index in [4.69, 9.17) is 4.74 Å². The van der Waals surface area contributed by atoms with Crippen LogP contribution in [0.4, 0.5) is 0 Å². The number of carbonyl (C=O) groups excluding carboxylic acids is 1. The smallest absolute Gasteiger partial charge is 0.338 e. The van der Waals surface area contributed by atoms with Gasteiger partial charge in [-0.1, -0.05) is 20.3 Å². The van der Waals surface area contributed by atoms with Crippen LogP contribution in [0.1, 0.15) is 40.0 Å². The average Bonchev–Trinajstić information content (AvgIpc) is 2.14. The molecule has 3 unspecified atom stereocenters. The summed E-state index contributed by atoms with van der Waals surface area (Å²) in [7, 11) is 0. The predicted molar refractivity (Wildman–Crippen MR) is 53.8 cm³/mol. The second kappa shape index (κ2) is 4.30. The first-order valence-corrected chi connectivity index (χ1v) is 5.42. The summed E-state index contributed by atoms with van der Waals surface area (Å²) in [5.74, 6) is -0.0625. The molecule has 14 heavy (non-hydrogen) atoms. The molecule has 0 aromatic carbocycles. The van der Waals surface area contributed by atoms with Gasteiger partial charge in [0, 0.05) is 0 Å². The Labute approximate surface area is 85.5 Å². The van der Waals surface area contributed by atoms with Gasteiger partial charge >= 0.3 is 5.97 Å². The van der Waals surface area contributed by atoms with E-state index in [-0.39, 0.29) is 5.92 Å². The quantitative estimate of drug-likeness (QED) is 0.691. The maximum Gasteiger partial charge on any atom is 0.338 e. The van der Waals surface area contributed by atoms with Gasteiger partial charge in [-0.15, -0.1) is 0 Å². The van der Waals surface area contributed by atoms with E-state index in [9.17, 15) is 9.90 Å². The highest BCUT2D eigenvalue weighted by Gasteiger charge is 2.47. The van der Waals surface area contributed by atoms with Gasteiger partial charge in [-0.25, -0.2) is 4.79 Å². The molecule has 1 aliphatic carbocycles. The van der Waals surface area contributed by atoms with Crippen molar-refractivity contribution < 1.29 is 14.6 Å². The minimum absolute atomic E-state index is 0.00435. The van der Waals surface area contributed by atoms with Crippen LogP contribution in [0.15, 0.2) is 0 Å². The monoisotopic (exact) mass is 200 g/mol. The van der Waals surface area contributed by atoms with Crippen LogP contribution in [0.3, 0.4) is 0 Å². The van der Waals surface area contributed by atoms with Gasteiger partial charge in [0.15, 0.2) is 5.60 Å². The summed E-state index contributed by atoms with van der Waals surface area (Å²) in [5.41, 5.74) is -1.24. The zero-order valence-corrected chi connectivity index (χ0v) is 9.25. The molecule has 0 heterocycles. The third-order valence-electron chi connectivity index (χ3n) is 3.45. The lowest BCUT2D eigenvalue weighted by molar-refractivity contribution is -0.177. The highest BCUT2D eigenvalue weighted by atomic mass is 16.5. The van der Waals surface area contributed by atoms with Gasteiger partial charge in [0.05, 0.1) is 6.61 Å². The fraction of sp³-hybridized carbons (Fsp3) is 0.909. The van der Waals surface area contributed by atoms with Crippen LogP contribution in [0, 0.1) is 11.8 Å². The molecular formula is C11H20O3. The normalized spacial score (nSPS) is 38.0. The summed E-state index contributed by atoms with van der Waals surface area (Å²) in [5, 5.41) is 10.2. The average molecular weight is 200 g/mol. The zero-order valence-electron chi connectivity index (χ0n) is 9.25. The molecule has 0 amide bonds. The minimum Gasteiger partial charge on any atom is -0.464 e. The van der Waals surface area contributed by atoms with Crippen molar-refractivity contribution >= 4 is 5.97 Å². The Morgan fingerprint density at radius 3 is 2.79 bits per heavy atom. The van der Waals surface area contributed by atoms with Crippen molar-refractivity contribution in [3.05, 3.63) is 0 Å². The van der Waals surface area contributed by atoms with Crippen LogP contribution < -0.4 is 0 Å². The topological polar surface area (TPSA) is 46.5 Å². The van der Waals surface area contributed by atoms with Crippen molar-refractivity contribution in [2.24, 2.45) is 11.8 Å². The van der Waals surface area contributed by atoms with Crippen molar-refractivity contribution in [1.82, 2.24) is 0 Å². The van der Waals surface area contributed by atoms with E-state index in [0.717, 1.165) is 12.8 Å². The highest BCUT2D eigenvalue weighted by Crippen LogP contribution is 2.38. The first-order chi connectivity index (χ1) is 6.52. The van der Waals surface area contributed by atoms with E-state index >= 15 is 0 Å². The third-order valence-corrected chi connectivity index (χ3v) is 3.45. The fourth-order valence-corrected chi connectivity index (χ4v) is 2.19. The second-order valence-corrected chi connectivity index (χ2v) is 4.30. The van der Waals surface area contributed by atoms with E-state index in [2.05, 4.69) is 6.92 Å². The maximum absolute atomic E-state index is 11.6. The van der Waals surface area contributed by atoms with Crippen molar-refractivity contribution in [2.45, 2.75) is 45.6 Å². The van der Waals surface area contributed by atoms with Gasteiger partial charge in [0.1, 0.15) is 0 Å². The number of aliphatic hydroxyl groups is 1. The molecule has 1 rings (SSSR count). The van der Waals surface area contributed by atoms with Gasteiger partial charge in [-0.3, -0.25) is 0 Å². The molecule has 1 aliphatic rings. The molecule has 3 heteroatoms. The second-order valence-electron chi connectivity index (χ2n) is 4.30. The molecule has 0 aromatic rings. The van der Waals surface area contributed by atoms with Gasteiger partial charge in [0.2, 0.25) is 0 Å². The van der Waals surface area contributed by atoms with Crippen molar-refractivity contribution in [1.29, 1.82) is 0 Å². The Bertz CT molecular complexity index is 215. The highest BCUT2D eigenvalue weighted by molar-refractivity contribution is 5.79. The SMILES string of the molecule is CCOC(=O)C1(O)CCCC(C)C1C. The number of carbonyl (C=O) groups is 1.